The number of ketones is 1. The second-order valence-corrected chi connectivity index (χ2v) is 5.55. The van der Waals surface area contributed by atoms with E-state index < -0.39 is 5.82 Å². The van der Waals surface area contributed by atoms with E-state index in [4.69, 9.17) is 9.47 Å². The van der Waals surface area contributed by atoms with E-state index in [0.717, 1.165) is 29.0 Å². The summed E-state index contributed by atoms with van der Waals surface area (Å²) < 4.78 is 24.1. The third-order valence-corrected chi connectivity index (χ3v) is 4.07. The molecule has 0 unspecified atom stereocenters. The van der Waals surface area contributed by atoms with Gasteiger partial charge in [-0.3, -0.25) is 9.79 Å². The second kappa shape index (κ2) is 5.50. The van der Waals surface area contributed by atoms with Crippen LogP contribution in [0.1, 0.15) is 27.9 Å². The van der Waals surface area contributed by atoms with Gasteiger partial charge in [-0.05, 0) is 36.2 Å². The number of nitrogens with zero attached hydrogens (tertiary/aromatic N) is 1. The number of benzene rings is 2. The molecule has 4 rings (SSSR count). The first-order chi connectivity index (χ1) is 11.2. The Labute approximate surface area is 132 Å². The minimum absolute atomic E-state index is 0.145. The Morgan fingerprint density at radius 3 is 2.83 bits per heavy atom. The molecule has 23 heavy (non-hydrogen) atoms. The molecule has 0 aliphatic carbocycles. The van der Waals surface area contributed by atoms with Crippen LogP contribution in [0.4, 0.5) is 4.39 Å². The third-order valence-electron chi connectivity index (χ3n) is 4.07. The summed E-state index contributed by atoms with van der Waals surface area (Å²) in [4.78, 5) is 16.9. The fraction of sp³-hybridized carbons (Fsp3) is 0.222. The van der Waals surface area contributed by atoms with E-state index in [1.807, 2.05) is 12.1 Å². The van der Waals surface area contributed by atoms with Crippen molar-refractivity contribution in [3.63, 3.8) is 0 Å². The van der Waals surface area contributed by atoms with E-state index in [-0.39, 0.29) is 19.0 Å². The molecule has 0 atom stereocenters. The molecular formula is C18H14FNO3. The SMILES string of the molecule is O=C(CC1=NCCc2cc3c(cc21)OCO3)c1cccc(F)c1. The van der Waals surface area contributed by atoms with Crippen LogP contribution in [0.5, 0.6) is 11.5 Å². The highest BCUT2D eigenvalue weighted by atomic mass is 19.1. The van der Waals surface area contributed by atoms with Crippen LogP contribution in [-0.4, -0.2) is 24.8 Å². The Kier molecular flexibility index (Phi) is 3.33. The van der Waals surface area contributed by atoms with Gasteiger partial charge in [0.05, 0.1) is 12.1 Å². The minimum atomic E-state index is -0.412. The Balaban J connectivity index is 1.64. The molecule has 0 saturated carbocycles. The Bertz CT molecular complexity index is 829. The number of carbonyl (C=O) groups is 1. The van der Waals surface area contributed by atoms with Crippen LogP contribution in [0, 0.1) is 5.82 Å². The van der Waals surface area contributed by atoms with Gasteiger partial charge in [-0.2, -0.15) is 0 Å². The number of fused-ring (bicyclic) bond motifs is 2. The number of carbonyl (C=O) groups excluding carboxylic acids is 1. The average molecular weight is 311 g/mol. The lowest BCUT2D eigenvalue weighted by Gasteiger charge is -2.17. The molecule has 0 aromatic heterocycles. The van der Waals surface area contributed by atoms with E-state index >= 15 is 0 Å². The fourth-order valence-electron chi connectivity index (χ4n) is 2.92. The molecule has 4 nitrogen and oxygen atoms in total. The largest absolute Gasteiger partial charge is 0.454 e. The predicted octanol–water partition coefficient (Wildman–Crippen LogP) is 3.17. The monoisotopic (exact) mass is 311 g/mol. The van der Waals surface area contributed by atoms with Gasteiger partial charge in [0.2, 0.25) is 6.79 Å². The van der Waals surface area contributed by atoms with Crippen molar-refractivity contribution in [2.45, 2.75) is 12.8 Å². The zero-order valence-corrected chi connectivity index (χ0v) is 12.3. The van der Waals surface area contributed by atoms with Crippen molar-refractivity contribution in [2.24, 2.45) is 4.99 Å². The zero-order valence-electron chi connectivity index (χ0n) is 12.3. The van der Waals surface area contributed by atoms with Crippen LogP contribution < -0.4 is 9.47 Å². The summed E-state index contributed by atoms with van der Waals surface area (Å²) >= 11 is 0. The highest BCUT2D eigenvalue weighted by Crippen LogP contribution is 2.36. The normalized spacial score (nSPS) is 15.1. The standard InChI is InChI=1S/C18H14FNO3/c19-13-3-1-2-12(6-13)16(21)9-15-14-8-18-17(22-10-23-18)7-11(14)4-5-20-15/h1-3,6-8H,4-5,9-10H2. The first kappa shape index (κ1) is 13.9. The minimum Gasteiger partial charge on any atom is -0.454 e. The molecule has 0 amide bonds. The van der Waals surface area contributed by atoms with Gasteiger partial charge in [0, 0.05) is 17.7 Å². The van der Waals surface area contributed by atoms with Gasteiger partial charge in [-0.1, -0.05) is 12.1 Å². The molecule has 2 aliphatic rings. The fourth-order valence-corrected chi connectivity index (χ4v) is 2.92. The number of hydrogen-bond acceptors (Lipinski definition) is 4. The summed E-state index contributed by atoms with van der Waals surface area (Å²) in [6.07, 6.45) is 0.958. The molecular weight excluding hydrogens is 297 g/mol. The summed E-state index contributed by atoms with van der Waals surface area (Å²) in [5, 5.41) is 0. The van der Waals surface area contributed by atoms with Gasteiger partial charge in [0.15, 0.2) is 17.3 Å². The summed E-state index contributed by atoms with van der Waals surface area (Å²) in [6, 6.07) is 9.58. The van der Waals surface area contributed by atoms with Crippen molar-refractivity contribution in [3.05, 3.63) is 58.9 Å². The van der Waals surface area contributed by atoms with Crippen LogP contribution in [0.3, 0.4) is 0 Å². The van der Waals surface area contributed by atoms with Gasteiger partial charge in [-0.25, -0.2) is 4.39 Å². The summed E-state index contributed by atoms with van der Waals surface area (Å²) in [7, 11) is 0. The number of rotatable bonds is 3. The lowest BCUT2D eigenvalue weighted by atomic mass is 9.93. The van der Waals surface area contributed by atoms with Gasteiger partial charge < -0.3 is 9.47 Å². The van der Waals surface area contributed by atoms with Crippen LogP contribution in [0.15, 0.2) is 41.4 Å². The van der Waals surface area contributed by atoms with Gasteiger partial charge >= 0.3 is 0 Å². The van der Waals surface area contributed by atoms with E-state index in [1.54, 1.807) is 6.07 Å². The second-order valence-electron chi connectivity index (χ2n) is 5.55. The number of hydrogen-bond donors (Lipinski definition) is 0. The van der Waals surface area contributed by atoms with Crippen molar-refractivity contribution in [2.75, 3.05) is 13.3 Å². The van der Waals surface area contributed by atoms with Crippen molar-refractivity contribution in [1.82, 2.24) is 0 Å². The van der Waals surface area contributed by atoms with Crippen molar-refractivity contribution < 1.29 is 18.7 Å². The molecule has 0 N–H and O–H groups in total. The van der Waals surface area contributed by atoms with Gasteiger partial charge in [-0.15, -0.1) is 0 Å². The highest BCUT2D eigenvalue weighted by Gasteiger charge is 2.23. The number of halogens is 1. The quantitative estimate of drug-likeness (QED) is 0.818. The highest BCUT2D eigenvalue weighted by molar-refractivity contribution is 6.16. The maximum absolute atomic E-state index is 13.3. The molecule has 0 bridgehead atoms. The first-order valence-electron chi connectivity index (χ1n) is 7.46. The average Bonchev–Trinajstić information content (AvgIpc) is 3.00. The molecule has 2 heterocycles. The zero-order chi connectivity index (χ0) is 15.8. The smallest absolute Gasteiger partial charge is 0.231 e. The van der Waals surface area contributed by atoms with Crippen LogP contribution in [-0.2, 0) is 6.42 Å². The third kappa shape index (κ3) is 2.59. The van der Waals surface area contributed by atoms with Crippen molar-refractivity contribution >= 4 is 11.5 Å². The van der Waals surface area contributed by atoms with E-state index in [2.05, 4.69) is 4.99 Å². The van der Waals surface area contributed by atoms with Gasteiger partial charge in [0.25, 0.3) is 0 Å². The molecule has 116 valence electrons. The molecule has 5 heteroatoms. The number of Topliss-reactive ketones (excluding diaryl/α,β-unsaturated/α-hetero) is 1. The molecule has 2 aliphatic heterocycles. The summed E-state index contributed by atoms with van der Waals surface area (Å²) in [5.74, 6) is 0.858. The molecule has 2 aromatic rings. The van der Waals surface area contributed by atoms with Crippen LogP contribution in [0.25, 0.3) is 0 Å². The lowest BCUT2D eigenvalue weighted by Crippen LogP contribution is -2.17. The molecule has 2 aromatic carbocycles. The summed E-state index contributed by atoms with van der Waals surface area (Å²) in [5.41, 5.74) is 3.11. The molecule has 0 fully saturated rings. The molecule has 0 saturated heterocycles. The first-order valence-corrected chi connectivity index (χ1v) is 7.46. The van der Waals surface area contributed by atoms with E-state index in [1.165, 1.54) is 18.2 Å². The topological polar surface area (TPSA) is 47.9 Å². The molecule has 0 spiro atoms. The predicted molar refractivity (Wildman–Crippen MR) is 83.0 cm³/mol. The maximum Gasteiger partial charge on any atom is 0.231 e. The molecule has 0 radical (unpaired) electrons. The Hall–Kier alpha value is -2.69. The van der Waals surface area contributed by atoms with Crippen molar-refractivity contribution in [1.29, 1.82) is 0 Å². The lowest BCUT2D eigenvalue weighted by molar-refractivity contribution is 0.1000. The number of ether oxygens (including phenoxy) is 2. The summed E-state index contributed by atoms with van der Waals surface area (Å²) in [6.45, 7) is 0.853. The number of aliphatic imine (C=N–C) groups is 1. The van der Waals surface area contributed by atoms with Gasteiger partial charge in [0.1, 0.15) is 5.82 Å². The van der Waals surface area contributed by atoms with Crippen molar-refractivity contribution in [3.8, 4) is 11.5 Å². The van der Waals surface area contributed by atoms with Crippen LogP contribution >= 0.6 is 0 Å². The maximum atomic E-state index is 13.3. The van der Waals surface area contributed by atoms with E-state index in [9.17, 15) is 9.18 Å². The van der Waals surface area contributed by atoms with E-state index in [0.29, 0.717) is 17.9 Å². The Morgan fingerprint density at radius 2 is 2.00 bits per heavy atom. The van der Waals surface area contributed by atoms with Crippen LogP contribution in [0.2, 0.25) is 0 Å². The Morgan fingerprint density at radius 1 is 1.17 bits per heavy atom.